The predicted molar refractivity (Wildman–Crippen MR) is 141 cm³/mol. The van der Waals surface area contributed by atoms with Crippen LogP contribution in [0.15, 0.2) is 63.8 Å². The van der Waals surface area contributed by atoms with Crippen LogP contribution in [0.25, 0.3) is 0 Å². The molecule has 3 aromatic rings. The Bertz CT molecular complexity index is 1510. The van der Waals surface area contributed by atoms with Crippen molar-refractivity contribution in [3.63, 3.8) is 0 Å². The van der Waals surface area contributed by atoms with Crippen molar-refractivity contribution in [1.82, 2.24) is 9.29 Å². The first-order valence-corrected chi connectivity index (χ1v) is 15.0. The summed E-state index contributed by atoms with van der Waals surface area (Å²) in [6, 6.07) is 10.9. The Hall–Kier alpha value is -3.00. The molecule has 0 bridgehead atoms. The van der Waals surface area contributed by atoms with Gasteiger partial charge in [-0.2, -0.15) is 0 Å². The number of hydrogen-bond donors (Lipinski definition) is 1. The molecule has 0 spiro atoms. The summed E-state index contributed by atoms with van der Waals surface area (Å²) in [5, 5.41) is 1.97. The van der Waals surface area contributed by atoms with Crippen molar-refractivity contribution in [3.8, 4) is 0 Å². The second-order valence-electron chi connectivity index (χ2n) is 8.75. The minimum Gasteiger partial charge on any atom is -0.359 e. The van der Waals surface area contributed by atoms with Crippen LogP contribution in [0.5, 0.6) is 0 Å². The van der Waals surface area contributed by atoms with Gasteiger partial charge in [-0.3, -0.25) is 9.52 Å². The van der Waals surface area contributed by atoms with Gasteiger partial charge in [0.25, 0.3) is 10.0 Å². The number of thiazole rings is 1. The van der Waals surface area contributed by atoms with Crippen LogP contribution < -0.4 is 14.5 Å². The lowest BCUT2D eigenvalue weighted by atomic mass is 10.1. The topological polar surface area (TPSA) is 120 Å². The molecular weight excluding hydrogens is 522 g/mol. The number of carbonyl (C=O) groups is 1. The first-order chi connectivity index (χ1) is 17.1. The quantitative estimate of drug-likeness (QED) is 0.481. The van der Waals surface area contributed by atoms with Crippen molar-refractivity contribution in [2.24, 2.45) is 0 Å². The van der Waals surface area contributed by atoms with Gasteiger partial charge in [-0.05, 0) is 60.9 Å². The Balaban J connectivity index is 0.00000320. The lowest BCUT2D eigenvalue weighted by molar-refractivity contribution is -0.118. The second-order valence-corrected chi connectivity index (χ2v) is 13.5. The van der Waals surface area contributed by atoms with E-state index in [1.165, 1.54) is 48.1 Å². The molecule has 1 fully saturated rings. The average molecular weight is 550 g/mol. The van der Waals surface area contributed by atoms with E-state index in [0.717, 1.165) is 11.3 Å². The third-order valence-corrected chi connectivity index (χ3v) is 10.4. The molecule has 0 radical (unpaired) electrons. The molecule has 2 aliphatic rings. The normalized spacial score (nSPS) is 18.2. The van der Waals surface area contributed by atoms with Crippen LogP contribution in [0.2, 0.25) is 0 Å². The number of aromatic nitrogens is 1. The Morgan fingerprint density at radius 2 is 1.78 bits per heavy atom. The number of anilines is 3. The van der Waals surface area contributed by atoms with E-state index in [-0.39, 0.29) is 28.3 Å². The summed E-state index contributed by atoms with van der Waals surface area (Å²) >= 11 is 1.19. The monoisotopic (exact) mass is 549 g/mol. The largest absolute Gasteiger partial charge is 0.359 e. The molecule has 10 nitrogen and oxygen atoms in total. The number of amides is 1. The maximum absolute atomic E-state index is 13.4. The lowest BCUT2D eigenvalue weighted by Crippen LogP contribution is -2.41. The van der Waals surface area contributed by atoms with Crippen LogP contribution in [0.1, 0.15) is 13.4 Å². The maximum Gasteiger partial charge on any atom is 0.263 e. The van der Waals surface area contributed by atoms with Crippen molar-refractivity contribution >= 4 is 53.8 Å². The minimum atomic E-state index is -3.77. The fourth-order valence-electron chi connectivity index (χ4n) is 4.56. The third-order valence-electron chi connectivity index (χ3n) is 6.43. The van der Waals surface area contributed by atoms with E-state index in [0.29, 0.717) is 31.6 Å². The molecule has 3 heterocycles. The number of nitrogens with one attached hydrogen (secondary N) is 1. The fraction of sp³-hybridized carbons (Fsp3) is 0.304. The number of hydrogen-bond acceptors (Lipinski definition) is 8. The van der Waals surface area contributed by atoms with E-state index in [2.05, 4.69) is 9.71 Å². The van der Waals surface area contributed by atoms with Gasteiger partial charge in [0.15, 0.2) is 5.13 Å². The fourth-order valence-corrected chi connectivity index (χ4v) is 7.30. The van der Waals surface area contributed by atoms with Crippen LogP contribution in [0.3, 0.4) is 0 Å². The molecule has 0 unspecified atom stereocenters. The van der Waals surface area contributed by atoms with Crippen LogP contribution in [-0.4, -0.2) is 65.3 Å². The number of benzene rings is 2. The number of carbonyl (C=O) groups excluding carboxylic acids is 1. The van der Waals surface area contributed by atoms with Crippen LogP contribution in [0.4, 0.5) is 16.5 Å². The maximum atomic E-state index is 13.4. The van der Waals surface area contributed by atoms with Crippen LogP contribution in [-0.2, 0) is 31.3 Å². The van der Waals surface area contributed by atoms with Gasteiger partial charge in [-0.15, -0.1) is 11.3 Å². The second kappa shape index (κ2) is 9.14. The Labute approximate surface area is 215 Å². The van der Waals surface area contributed by atoms with Gasteiger partial charge in [-0.1, -0.05) is 0 Å². The van der Waals surface area contributed by atoms with Gasteiger partial charge < -0.3 is 9.80 Å². The molecule has 5 rings (SSSR count). The molecule has 192 valence electrons. The molecule has 1 atom stereocenters. The molecule has 2 aromatic carbocycles. The highest BCUT2D eigenvalue weighted by molar-refractivity contribution is 7.93. The van der Waals surface area contributed by atoms with E-state index < -0.39 is 20.0 Å². The number of fused-ring (bicyclic) bond motifs is 1. The minimum absolute atomic E-state index is 0. The zero-order valence-electron chi connectivity index (χ0n) is 19.7. The summed E-state index contributed by atoms with van der Waals surface area (Å²) in [6.07, 6.45) is 2.79. The van der Waals surface area contributed by atoms with Crippen molar-refractivity contribution in [2.45, 2.75) is 28.7 Å². The molecule has 1 saturated heterocycles. The van der Waals surface area contributed by atoms with Crippen molar-refractivity contribution in [2.75, 3.05) is 41.7 Å². The van der Waals surface area contributed by atoms with E-state index >= 15 is 0 Å². The number of sulfonamides is 2. The van der Waals surface area contributed by atoms with Gasteiger partial charge in [0, 0.05) is 51.6 Å². The third kappa shape index (κ3) is 4.36. The zero-order chi connectivity index (χ0) is 25.7. The highest BCUT2D eigenvalue weighted by Gasteiger charge is 2.39. The lowest BCUT2D eigenvalue weighted by Gasteiger charge is -2.26. The van der Waals surface area contributed by atoms with Crippen molar-refractivity contribution in [1.29, 1.82) is 0 Å². The van der Waals surface area contributed by atoms with Crippen LogP contribution >= 0.6 is 11.3 Å². The van der Waals surface area contributed by atoms with Gasteiger partial charge in [-0.25, -0.2) is 26.1 Å². The zero-order valence-corrected chi connectivity index (χ0v) is 22.1. The Kier molecular flexibility index (Phi) is 6.27. The summed E-state index contributed by atoms with van der Waals surface area (Å²) in [5.74, 6) is -0.0654. The molecule has 2 aliphatic heterocycles. The summed E-state index contributed by atoms with van der Waals surface area (Å²) in [5.41, 5.74) is 2.41. The summed E-state index contributed by atoms with van der Waals surface area (Å²) in [4.78, 5) is 21.3. The molecule has 1 amide bonds. The first-order valence-electron chi connectivity index (χ1n) is 11.2. The van der Waals surface area contributed by atoms with E-state index in [1.54, 1.807) is 40.6 Å². The molecule has 0 aliphatic carbocycles. The van der Waals surface area contributed by atoms with Crippen LogP contribution in [0, 0.1) is 0 Å². The van der Waals surface area contributed by atoms with Gasteiger partial charge >= 0.3 is 0 Å². The first kappa shape index (κ1) is 24.7. The predicted octanol–water partition coefficient (Wildman–Crippen LogP) is 2.61. The van der Waals surface area contributed by atoms with Gasteiger partial charge in [0.2, 0.25) is 15.9 Å². The summed E-state index contributed by atoms with van der Waals surface area (Å²) in [7, 11) is -4.30. The van der Waals surface area contributed by atoms with Crippen molar-refractivity contribution in [3.05, 3.63) is 59.6 Å². The SMILES string of the molecule is CN(C)S(=O)(=O)c1ccc2c(c1)CCN2[C@H]1CCN(c2ccc(S(=O)(=O)Nc3nccs3)cc2)C1=O.[HH]. The highest BCUT2D eigenvalue weighted by atomic mass is 32.2. The molecule has 1 N–H and O–H groups in total. The van der Waals surface area contributed by atoms with Gasteiger partial charge in [0.05, 0.1) is 9.79 Å². The smallest absolute Gasteiger partial charge is 0.263 e. The Morgan fingerprint density at radius 3 is 2.44 bits per heavy atom. The summed E-state index contributed by atoms with van der Waals surface area (Å²) < 4.78 is 53.8. The summed E-state index contributed by atoms with van der Waals surface area (Å²) in [6.45, 7) is 1.14. The van der Waals surface area contributed by atoms with Crippen molar-refractivity contribution < 1.29 is 23.1 Å². The number of rotatable bonds is 7. The van der Waals surface area contributed by atoms with E-state index in [4.69, 9.17) is 0 Å². The molecule has 0 saturated carbocycles. The number of nitrogens with zero attached hydrogens (tertiary/aromatic N) is 4. The molecular formula is C23H27N5O5S3. The molecule has 36 heavy (non-hydrogen) atoms. The van der Waals surface area contributed by atoms with Gasteiger partial charge in [0.1, 0.15) is 6.04 Å². The molecule has 13 heteroatoms. The highest BCUT2D eigenvalue weighted by Crippen LogP contribution is 2.36. The van der Waals surface area contributed by atoms with E-state index in [9.17, 15) is 21.6 Å². The molecule has 1 aromatic heterocycles. The van der Waals surface area contributed by atoms with E-state index in [1.807, 2.05) is 4.90 Å². The average Bonchev–Trinajstić information content (AvgIpc) is 3.58. The standard InChI is InChI=1S/C23H25N5O5S3.H2/c1-26(2)36(32,33)19-7-8-20-16(15-19)9-12-28(20)21-10-13-27(22(21)29)17-3-5-18(6-4-17)35(30,31)25-23-24-11-14-34-23;/h3-8,11,14-15,21H,9-10,12-13H2,1-2H3,(H,24,25);1H/t21-;/m0./s1. The Morgan fingerprint density at radius 1 is 1.06 bits per heavy atom.